The quantitative estimate of drug-likeness (QED) is 0.0204. The molecule has 328 valence electrons. The number of unbranched alkanes of at least 4 members (excludes halogenated alkanes) is 25. The molecule has 0 saturated heterocycles. The van der Waals surface area contributed by atoms with Crippen LogP contribution in [0.1, 0.15) is 206 Å². The molecule has 0 aromatic heterocycles. The molecule has 0 rings (SSSR count). The number of ether oxygens (including phenoxy) is 2. The number of phosphoric acid groups is 1. The molecule has 0 radical (unpaired) electrons. The number of quaternary nitrogens is 1. The van der Waals surface area contributed by atoms with E-state index in [2.05, 4.69) is 30.5 Å². The van der Waals surface area contributed by atoms with E-state index in [4.69, 9.17) is 14.4 Å². The van der Waals surface area contributed by atoms with E-state index in [1.165, 1.54) is 135 Å². The molecule has 0 fully saturated rings. The van der Waals surface area contributed by atoms with Gasteiger partial charge in [-0.15, -0.1) is 0 Å². The first kappa shape index (κ1) is 55.8. The summed E-state index contributed by atoms with van der Waals surface area (Å²) in [5.74, 6) is -0.591. The molecule has 0 spiro atoms. The second kappa shape index (κ2) is 40.9. The topological polar surface area (TPSA) is 142 Å². The van der Waals surface area contributed by atoms with Crippen LogP contribution in [0.2, 0.25) is 0 Å². The third-order valence-corrected chi connectivity index (χ3v) is 10.1. The van der Waals surface area contributed by atoms with E-state index >= 15 is 0 Å². The molecular formula is C44H88NO9P. The summed E-state index contributed by atoms with van der Waals surface area (Å²) in [6.07, 6.45) is 39.8. The lowest BCUT2D eigenvalue weighted by molar-refractivity contribution is -0.870. The second-order valence-electron chi connectivity index (χ2n) is 16.3. The van der Waals surface area contributed by atoms with Crippen LogP contribution in [0.5, 0.6) is 0 Å². The van der Waals surface area contributed by atoms with Gasteiger partial charge < -0.3 is 33.4 Å². The molecule has 11 heteroatoms. The number of likely N-dealkylation sites (N-methyl/N-ethyl adjacent to an activating group) is 1. The second-order valence-corrected chi connectivity index (χ2v) is 17.5. The molecule has 2 N–H and O–H groups in total. The van der Waals surface area contributed by atoms with E-state index in [0.29, 0.717) is 23.9 Å². The van der Waals surface area contributed by atoms with E-state index in [0.717, 1.165) is 44.9 Å². The van der Waals surface area contributed by atoms with Crippen LogP contribution in [0.3, 0.4) is 0 Å². The fourth-order valence-corrected chi connectivity index (χ4v) is 6.35. The van der Waals surface area contributed by atoms with Gasteiger partial charge in [0.25, 0.3) is 7.82 Å². The normalized spacial score (nSPS) is 13.3. The van der Waals surface area contributed by atoms with Crippen LogP contribution in [-0.4, -0.2) is 80.0 Å². The van der Waals surface area contributed by atoms with Crippen molar-refractivity contribution in [2.24, 2.45) is 0 Å². The molecule has 1 unspecified atom stereocenters. The van der Waals surface area contributed by atoms with Crippen molar-refractivity contribution in [3.05, 3.63) is 12.2 Å². The Morgan fingerprint density at radius 2 is 0.982 bits per heavy atom. The Labute approximate surface area is 338 Å². The van der Waals surface area contributed by atoms with Crippen molar-refractivity contribution in [3.63, 3.8) is 0 Å². The van der Waals surface area contributed by atoms with Crippen LogP contribution in [0, 0.1) is 0 Å². The Hall–Kier alpha value is -1.29. The average Bonchev–Trinajstić information content (AvgIpc) is 3.12. The van der Waals surface area contributed by atoms with Crippen LogP contribution in [0.15, 0.2) is 12.2 Å². The van der Waals surface area contributed by atoms with Gasteiger partial charge in [0.05, 0.1) is 27.7 Å². The molecule has 0 aliphatic carbocycles. The molecular weight excluding hydrogens is 717 g/mol. The van der Waals surface area contributed by atoms with Crippen LogP contribution in [-0.2, 0) is 28.2 Å². The van der Waals surface area contributed by atoms with Gasteiger partial charge in [0.2, 0.25) is 0 Å². The first-order valence-electron chi connectivity index (χ1n) is 22.4. The van der Waals surface area contributed by atoms with Gasteiger partial charge in [-0.1, -0.05) is 167 Å². The molecule has 0 amide bonds. The maximum absolute atomic E-state index is 12.1. The van der Waals surface area contributed by atoms with Crippen LogP contribution >= 0.6 is 7.82 Å². The summed E-state index contributed by atoms with van der Waals surface area (Å²) in [4.78, 5) is 42.5. The number of hydrogen-bond donors (Lipinski definition) is 2. The van der Waals surface area contributed by atoms with Gasteiger partial charge >= 0.3 is 11.9 Å². The summed E-state index contributed by atoms with van der Waals surface area (Å²) >= 11 is 0. The number of hydrogen-bond acceptors (Lipinski definition) is 8. The maximum atomic E-state index is 12.1. The number of nitrogens with zero attached hydrogens (tertiary/aromatic N) is 1. The van der Waals surface area contributed by atoms with Gasteiger partial charge in [-0.05, 0) is 38.5 Å². The molecule has 0 saturated carbocycles. The standard InChI is InChI=1S/C39H74O5.C5H14NO4P/c1-3-5-7-9-11-13-15-17-19-21-23-25-27-29-31-33-38(41)43-36-37(35-40)44-39(42)34-32-30-28-26-24-22-20-18-16-14-12-10-8-6-4-2;1-6(2,3)4-5-10-11(7,8)9/h18,20,37,40H,3-17,19,21-36H2,1-2H3;4-5H2,1-3H3,(H-,7,8,9)/b20-18-;/t37-;/m0./s1. The van der Waals surface area contributed by atoms with E-state index < -0.39 is 13.9 Å². The number of rotatable bonds is 39. The number of allylic oxidation sites excluding steroid dienone is 2. The maximum Gasteiger partial charge on any atom is 0.306 e. The van der Waals surface area contributed by atoms with E-state index in [9.17, 15) is 24.2 Å². The highest BCUT2D eigenvalue weighted by molar-refractivity contribution is 7.44. The predicted molar refractivity (Wildman–Crippen MR) is 226 cm³/mol. The van der Waals surface area contributed by atoms with Crippen molar-refractivity contribution in [2.75, 3.05) is 47.5 Å². The smallest absolute Gasteiger partial charge is 0.306 e. The van der Waals surface area contributed by atoms with Crippen molar-refractivity contribution in [1.29, 1.82) is 0 Å². The third kappa shape index (κ3) is 50.7. The summed E-state index contributed by atoms with van der Waals surface area (Å²) < 4.78 is 25.4. The van der Waals surface area contributed by atoms with Crippen molar-refractivity contribution in [2.45, 2.75) is 213 Å². The van der Waals surface area contributed by atoms with Gasteiger partial charge in [-0.2, -0.15) is 0 Å². The lowest BCUT2D eigenvalue weighted by Crippen LogP contribution is -2.37. The first-order chi connectivity index (χ1) is 26.3. The summed E-state index contributed by atoms with van der Waals surface area (Å²) in [5.41, 5.74) is 0. The number of aliphatic hydroxyl groups excluding tert-OH is 1. The fraction of sp³-hybridized carbons (Fsp3) is 0.909. The third-order valence-electron chi connectivity index (χ3n) is 9.58. The minimum atomic E-state index is -4.51. The summed E-state index contributed by atoms with van der Waals surface area (Å²) in [6.45, 7) is 4.69. The monoisotopic (exact) mass is 806 g/mol. The molecule has 0 aliphatic rings. The number of esters is 2. The highest BCUT2D eigenvalue weighted by Gasteiger charge is 2.16. The highest BCUT2D eigenvalue weighted by Crippen LogP contribution is 2.29. The zero-order chi connectivity index (χ0) is 41.3. The highest BCUT2D eigenvalue weighted by atomic mass is 31.2. The molecule has 55 heavy (non-hydrogen) atoms. The van der Waals surface area contributed by atoms with E-state index in [1.54, 1.807) is 0 Å². The minimum absolute atomic E-state index is 0.0147. The van der Waals surface area contributed by atoms with E-state index in [-0.39, 0.29) is 31.8 Å². The Kier molecular flexibility index (Phi) is 41.5. The van der Waals surface area contributed by atoms with Crippen molar-refractivity contribution >= 4 is 19.8 Å². The van der Waals surface area contributed by atoms with Crippen LogP contribution in [0.4, 0.5) is 0 Å². The fourth-order valence-electron chi connectivity index (χ4n) is 6.04. The lowest BCUT2D eigenvalue weighted by Gasteiger charge is -2.25. The van der Waals surface area contributed by atoms with Crippen molar-refractivity contribution < 1.29 is 47.5 Å². The number of carbonyl (C=O) groups excluding carboxylic acids is 2. The first-order valence-corrected chi connectivity index (χ1v) is 23.9. The minimum Gasteiger partial charge on any atom is -0.756 e. The molecule has 0 heterocycles. The Bertz CT molecular complexity index is 919. The van der Waals surface area contributed by atoms with Gasteiger partial charge in [0.15, 0.2) is 6.10 Å². The zero-order valence-electron chi connectivity index (χ0n) is 36.4. The molecule has 10 nitrogen and oxygen atoms in total. The summed E-state index contributed by atoms with van der Waals surface area (Å²) in [5, 5.41) is 9.53. The zero-order valence-corrected chi connectivity index (χ0v) is 37.3. The average molecular weight is 806 g/mol. The summed E-state index contributed by atoms with van der Waals surface area (Å²) in [7, 11) is 1.19. The van der Waals surface area contributed by atoms with Gasteiger partial charge in [0, 0.05) is 12.8 Å². The van der Waals surface area contributed by atoms with E-state index in [1.807, 2.05) is 21.1 Å². The molecule has 2 atom stereocenters. The number of aliphatic hydroxyl groups is 1. The predicted octanol–water partition coefficient (Wildman–Crippen LogP) is 10.9. The van der Waals surface area contributed by atoms with Crippen LogP contribution < -0.4 is 4.89 Å². The number of carbonyl (C=O) groups is 2. The van der Waals surface area contributed by atoms with Gasteiger partial charge in [-0.25, -0.2) is 0 Å². The molecule has 0 aromatic rings. The molecule has 0 bridgehead atoms. The molecule has 0 aromatic carbocycles. The van der Waals surface area contributed by atoms with Crippen LogP contribution in [0.25, 0.3) is 0 Å². The Morgan fingerprint density at radius 1 is 0.618 bits per heavy atom. The lowest BCUT2D eigenvalue weighted by atomic mass is 10.0. The number of phosphoric ester groups is 1. The molecule has 0 aliphatic heterocycles. The van der Waals surface area contributed by atoms with Gasteiger partial charge in [0.1, 0.15) is 19.8 Å². The SMILES string of the molecule is CCCCCCCC/C=C\CCCCCCCC(=O)O[C@@H](CO)COC(=O)CCCCCCCCCCCCCCCCC.C[N+](C)(C)CCOP(=O)([O-])O. The Balaban J connectivity index is 0. The van der Waals surface area contributed by atoms with Gasteiger partial charge in [-0.3, -0.25) is 14.2 Å². The largest absolute Gasteiger partial charge is 0.756 e. The van der Waals surface area contributed by atoms with Crippen molar-refractivity contribution in [1.82, 2.24) is 0 Å². The Morgan fingerprint density at radius 3 is 1.35 bits per heavy atom. The van der Waals surface area contributed by atoms with Crippen molar-refractivity contribution in [3.8, 4) is 0 Å². The summed E-state index contributed by atoms with van der Waals surface area (Å²) in [6, 6.07) is 0.